The standard InChI is InChI=1S/C14H11N3O4S/c1-2-8-3-5-9(6-4-8)17-10(13(19)21-16-17)7-11-12(18)15-14(20)22-11/h3-7H,2H2,1H3,(H-,15,16,18,19,20). The molecule has 0 fully saturated rings. The van der Waals surface area contributed by atoms with Gasteiger partial charge in [0, 0.05) is 23.1 Å². The molecule has 1 aromatic carbocycles. The number of rotatable bonds is 3. The SMILES string of the molecule is CCc1ccc([N+]2=NOC(=O)/C2=C\c2sc(=O)[nH]c2[O-])cc1. The minimum absolute atomic E-state index is 0.0802. The molecule has 1 aliphatic rings. The Balaban J connectivity index is 2.01. The van der Waals surface area contributed by atoms with Gasteiger partial charge in [0.25, 0.3) is 0 Å². The Morgan fingerprint density at radius 1 is 1.36 bits per heavy atom. The number of thiazole rings is 1. The van der Waals surface area contributed by atoms with Crippen molar-refractivity contribution in [2.75, 3.05) is 0 Å². The number of nitrogens with zero attached hydrogens (tertiary/aromatic N) is 2. The van der Waals surface area contributed by atoms with Crippen molar-refractivity contribution in [3.63, 3.8) is 0 Å². The molecule has 0 aliphatic carbocycles. The van der Waals surface area contributed by atoms with E-state index in [4.69, 9.17) is 0 Å². The number of benzene rings is 1. The van der Waals surface area contributed by atoms with Crippen LogP contribution in [0, 0.1) is 0 Å². The van der Waals surface area contributed by atoms with Crippen LogP contribution in [0.5, 0.6) is 5.88 Å². The molecule has 0 amide bonds. The van der Waals surface area contributed by atoms with Crippen LogP contribution in [0.2, 0.25) is 0 Å². The molecule has 2 heterocycles. The fourth-order valence-corrected chi connectivity index (χ4v) is 2.64. The highest BCUT2D eigenvalue weighted by atomic mass is 32.1. The van der Waals surface area contributed by atoms with Crippen LogP contribution in [0.4, 0.5) is 5.69 Å². The molecule has 2 aromatic rings. The Morgan fingerprint density at radius 2 is 2.09 bits per heavy atom. The summed E-state index contributed by atoms with van der Waals surface area (Å²) in [5.74, 6) is -1.22. The summed E-state index contributed by atoms with van der Waals surface area (Å²) in [6.45, 7) is 2.04. The lowest BCUT2D eigenvalue weighted by molar-refractivity contribution is -0.462. The summed E-state index contributed by atoms with van der Waals surface area (Å²) in [5.41, 5.74) is 1.85. The van der Waals surface area contributed by atoms with Gasteiger partial charge in [0.1, 0.15) is 0 Å². The quantitative estimate of drug-likeness (QED) is 0.688. The molecule has 8 heteroatoms. The molecule has 1 aliphatic heterocycles. The summed E-state index contributed by atoms with van der Waals surface area (Å²) >= 11 is 0.730. The highest BCUT2D eigenvalue weighted by Gasteiger charge is 2.36. The van der Waals surface area contributed by atoms with Gasteiger partial charge in [-0.1, -0.05) is 30.4 Å². The Hall–Kier alpha value is -2.74. The van der Waals surface area contributed by atoms with Gasteiger partial charge in [-0.05, 0) is 22.6 Å². The summed E-state index contributed by atoms with van der Waals surface area (Å²) in [6, 6.07) is 7.43. The molecule has 0 bridgehead atoms. The topological polar surface area (TPSA) is 97.6 Å². The highest BCUT2D eigenvalue weighted by Crippen LogP contribution is 2.27. The van der Waals surface area contributed by atoms with E-state index in [1.54, 1.807) is 12.1 Å². The molecule has 0 spiro atoms. The van der Waals surface area contributed by atoms with Gasteiger partial charge in [0.15, 0.2) is 0 Å². The Bertz CT molecular complexity index is 846. The summed E-state index contributed by atoms with van der Waals surface area (Å²) in [7, 11) is 0. The molecule has 1 aromatic heterocycles. The molecule has 112 valence electrons. The predicted octanol–water partition coefficient (Wildman–Crippen LogP) is 1.68. The molecular formula is C14H11N3O4S. The molecule has 0 unspecified atom stereocenters. The first-order valence-electron chi connectivity index (χ1n) is 6.51. The first-order chi connectivity index (χ1) is 10.6. The first kappa shape index (κ1) is 14.2. The third kappa shape index (κ3) is 2.56. The lowest BCUT2D eigenvalue weighted by Crippen LogP contribution is -2.05. The van der Waals surface area contributed by atoms with Gasteiger partial charge in [-0.25, -0.2) is 4.79 Å². The molecule has 0 saturated carbocycles. The fraction of sp³-hybridized carbons (Fsp3) is 0.143. The highest BCUT2D eigenvalue weighted by molar-refractivity contribution is 7.10. The number of hydrogen-bond acceptors (Lipinski definition) is 6. The van der Waals surface area contributed by atoms with E-state index < -0.39 is 16.7 Å². The van der Waals surface area contributed by atoms with Crippen LogP contribution in [0.3, 0.4) is 0 Å². The number of aryl methyl sites for hydroxylation is 1. The van der Waals surface area contributed by atoms with Crippen molar-refractivity contribution in [2.45, 2.75) is 13.3 Å². The average molecular weight is 317 g/mol. The Labute approximate surface area is 128 Å². The summed E-state index contributed by atoms with van der Waals surface area (Å²) in [4.78, 5) is 29.4. The van der Waals surface area contributed by atoms with E-state index >= 15 is 0 Å². The monoisotopic (exact) mass is 317 g/mol. The van der Waals surface area contributed by atoms with E-state index in [2.05, 4.69) is 15.1 Å². The predicted molar refractivity (Wildman–Crippen MR) is 76.6 cm³/mol. The van der Waals surface area contributed by atoms with Crippen LogP contribution >= 0.6 is 11.3 Å². The zero-order chi connectivity index (χ0) is 15.7. The third-order valence-corrected chi connectivity index (χ3v) is 3.95. The average Bonchev–Trinajstić information content (AvgIpc) is 3.03. The van der Waals surface area contributed by atoms with Crippen LogP contribution < -0.4 is 9.98 Å². The molecule has 1 N–H and O–H groups in total. The summed E-state index contributed by atoms with van der Waals surface area (Å²) in [5, 5.41) is 15.3. The zero-order valence-corrected chi connectivity index (χ0v) is 12.3. The summed E-state index contributed by atoms with van der Waals surface area (Å²) < 4.78 is 1.30. The van der Waals surface area contributed by atoms with Gasteiger partial charge in [-0.3, -0.25) is 9.63 Å². The third-order valence-electron chi connectivity index (χ3n) is 3.14. The number of aromatic nitrogens is 1. The second-order valence-electron chi connectivity index (χ2n) is 4.53. The van der Waals surface area contributed by atoms with Crippen LogP contribution in [-0.2, 0) is 16.1 Å². The smallest absolute Gasteiger partial charge is 0.437 e. The van der Waals surface area contributed by atoms with Crippen molar-refractivity contribution in [1.29, 1.82) is 0 Å². The molecular weight excluding hydrogens is 306 g/mol. The number of aromatic amines is 1. The van der Waals surface area contributed by atoms with Crippen LogP contribution in [0.1, 0.15) is 17.4 Å². The van der Waals surface area contributed by atoms with E-state index in [0.717, 1.165) is 23.3 Å². The minimum Gasteiger partial charge on any atom is -0.859 e. The van der Waals surface area contributed by atoms with Crippen LogP contribution in [0.15, 0.2) is 40.0 Å². The number of H-pyrrole nitrogens is 1. The second kappa shape index (κ2) is 5.57. The van der Waals surface area contributed by atoms with Gasteiger partial charge >= 0.3 is 16.5 Å². The minimum atomic E-state index is -0.681. The van der Waals surface area contributed by atoms with Crippen LogP contribution in [-0.4, -0.2) is 15.7 Å². The normalized spacial score (nSPS) is 16.0. The first-order valence-corrected chi connectivity index (χ1v) is 7.33. The zero-order valence-electron chi connectivity index (χ0n) is 11.5. The van der Waals surface area contributed by atoms with Gasteiger partial charge in [0.2, 0.25) is 11.0 Å². The van der Waals surface area contributed by atoms with Crippen molar-refractivity contribution in [2.24, 2.45) is 5.28 Å². The van der Waals surface area contributed by atoms with E-state index in [1.165, 1.54) is 10.8 Å². The largest absolute Gasteiger partial charge is 0.859 e. The van der Waals surface area contributed by atoms with Crippen molar-refractivity contribution < 1.29 is 19.4 Å². The molecule has 7 nitrogen and oxygen atoms in total. The fourth-order valence-electron chi connectivity index (χ4n) is 1.98. The maximum Gasteiger partial charge on any atom is 0.437 e. The molecule has 0 saturated heterocycles. The maximum absolute atomic E-state index is 11.8. The summed E-state index contributed by atoms with van der Waals surface area (Å²) in [6.07, 6.45) is 2.20. The van der Waals surface area contributed by atoms with E-state index in [0.29, 0.717) is 5.69 Å². The van der Waals surface area contributed by atoms with Crippen molar-refractivity contribution >= 4 is 29.1 Å². The van der Waals surface area contributed by atoms with E-state index in [1.807, 2.05) is 19.1 Å². The molecule has 0 radical (unpaired) electrons. The molecule has 22 heavy (non-hydrogen) atoms. The Kier molecular flexibility index (Phi) is 3.60. The lowest BCUT2D eigenvalue weighted by Gasteiger charge is -1.99. The number of carbonyl (C=O) groups excluding carboxylic acids is 1. The molecule has 3 rings (SSSR count). The van der Waals surface area contributed by atoms with Gasteiger partial charge in [0.05, 0.1) is 0 Å². The van der Waals surface area contributed by atoms with Crippen molar-refractivity contribution in [3.8, 4) is 5.88 Å². The Morgan fingerprint density at radius 3 is 2.68 bits per heavy atom. The van der Waals surface area contributed by atoms with Crippen molar-refractivity contribution in [1.82, 2.24) is 4.98 Å². The van der Waals surface area contributed by atoms with Crippen LogP contribution in [0.25, 0.3) is 6.08 Å². The van der Waals surface area contributed by atoms with E-state index in [-0.39, 0.29) is 10.6 Å². The molecule has 0 atom stereocenters. The maximum atomic E-state index is 11.8. The number of carbonyl (C=O) groups is 1. The van der Waals surface area contributed by atoms with Gasteiger partial charge < -0.3 is 10.1 Å². The number of nitrogens with one attached hydrogen (secondary N) is 1. The van der Waals surface area contributed by atoms with E-state index in [9.17, 15) is 14.7 Å². The second-order valence-corrected chi connectivity index (χ2v) is 5.54. The lowest BCUT2D eigenvalue weighted by atomic mass is 10.1. The number of hydrogen-bond donors (Lipinski definition) is 1. The van der Waals surface area contributed by atoms with Gasteiger partial charge in [-0.2, -0.15) is 0 Å². The van der Waals surface area contributed by atoms with Gasteiger partial charge in [-0.15, -0.1) is 0 Å². The van der Waals surface area contributed by atoms with Crippen molar-refractivity contribution in [3.05, 3.63) is 50.1 Å².